The summed E-state index contributed by atoms with van der Waals surface area (Å²) in [7, 11) is 0. The van der Waals surface area contributed by atoms with E-state index in [2.05, 4.69) is 17.2 Å². The van der Waals surface area contributed by atoms with E-state index in [0.717, 1.165) is 44.5 Å². The van der Waals surface area contributed by atoms with Crippen LogP contribution in [-0.4, -0.2) is 30.9 Å². The number of nitrogens with one attached hydrogen (secondary N) is 1. The molecule has 120 valence electrons. The second-order valence-electron chi connectivity index (χ2n) is 5.32. The van der Waals surface area contributed by atoms with E-state index >= 15 is 0 Å². The Hall–Kier alpha value is -0.660. The van der Waals surface area contributed by atoms with Gasteiger partial charge in [0.1, 0.15) is 11.6 Å². The number of thiazole rings is 1. The Bertz CT molecular complexity index is 448. The fourth-order valence-corrected chi connectivity index (χ4v) is 3.66. The Morgan fingerprint density at radius 3 is 2.95 bits per heavy atom. The number of aryl methyl sites for hydroxylation is 1. The van der Waals surface area contributed by atoms with Crippen LogP contribution < -0.4 is 5.32 Å². The first-order valence-corrected chi connectivity index (χ1v) is 8.15. The monoisotopic (exact) mass is 322 g/mol. The van der Waals surface area contributed by atoms with Crippen LogP contribution in [0.25, 0.3) is 0 Å². The van der Waals surface area contributed by atoms with Gasteiger partial charge in [0.05, 0.1) is 12.3 Å². The topological polar surface area (TPSA) is 34.1 Å². The molecule has 0 fully saturated rings. The van der Waals surface area contributed by atoms with Gasteiger partial charge in [-0.1, -0.05) is 6.92 Å². The van der Waals surface area contributed by atoms with E-state index in [9.17, 15) is 13.2 Å². The van der Waals surface area contributed by atoms with Gasteiger partial charge in [-0.3, -0.25) is 0 Å². The van der Waals surface area contributed by atoms with Crippen molar-refractivity contribution in [2.75, 3.05) is 19.7 Å². The minimum absolute atomic E-state index is 0.0493. The van der Waals surface area contributed by atoms with E-state index in [1.165, 1.54) is 16.2 Å². The molecule has 1 atom stereocenters. The molecular formula is C14H21F3N2OS. The fourth-order valence-electron chi connectivity index (χ4n) is 2.53. The van der Waals surface area contributed by atoms with Crippen LogP contribution in [0, 0.1) is 0 Å². The minimum Gasteiger partial charge on any atom is -0.365 e. The Kier molecular flexibility index (Phi) is 6.01. The first-order chi connectivity index (χ1) is 9.99. The van der Waals surface area contributed by atoms with Gasteiger partial charge in [-0.05, 0) is 32.2 Å². The number of aromatic nitrogens is 1. The lowest BCUT2D eigenvalue weighted by Gasteiger charge is -2.21. The average molecular weight is 322 g/mol. The Morgan fingerprint density at radius 1 is 1.43 bits per heavy atom. The standard InChI is InChI=1S/C14H21F3N2OS/c1-2-6-18-7-10-4-3-5-11-13(10)19-12(21-11)8-20-9-14(15,16)17/h10,18H,2-9H2,1H3. The van der Waals surface area contributed by atoms with Crippen LogP contribution in [0.2, 0.25) is 0 Å². The smallest absolute Gasteiger partial charge is 0.365 e. The van der Waals surface area contributed by atoms with Crippen LogP contribution in [0.4, 0.5) is 13.2 Å². The summed E-state index contributed by atoms with van der Waals surface area (Å²) in [6.45, 7) is 2.74. The molecule has 0 bridgehead atoms. The summed E-state index contributed by atoms with van der Waals surface area (Å²) >= 11 is 1.50. The van der Waals surface area contributed by atoms with Crippen LogP contribution in [0.15, 0.2) is 0 Å². The second kappa shape index (κ2) is 7.56. The van der Waals surface area contributed by atoms with Crippen molar-refractivity contribution in [1.29, 1.82) is 0 Å². The Balaban J connectivity index is 1.91. The number of nitrogens with zero attached hydrogens (tertiary/aromatic N) is 1. The van der Waals surface area contributed by atoms with Gasteiger partial charge < -0.3 is 10.1 Å². The summed E-state index contributed by atoms with van der Waals surface area (Å²) in [6.07, 6.45) is 0.0139. The number of rotatable bonds is 7. The molecule has 2 rings (SSSR count). The van der Waals surface area contributed by atoms with Crippen LogP contribution in [-0.2, 0) is 17.8 Å². The van der Waals surface area contributed by atoms with Crippen molar-refractivity contribution in [3.05, 3.63) is 15.6 Å². The van der Waals surface area contributed by atoms with E-state index in [0.29, 0.717) is 10.9 Å². The molecular weight excluding hydrogens is 301 g/mol. The molecule has 0 saturated heterocycles. The molecule has 1 unspecified atom stereocenters. The molecule has 1 aliphatic carbocycles. The Labute approximate surface area is 126 Å². The third-order valence-electron chi connectivity index (χ3n) is 3.42. The lowest BCUT2D eigenvalue weighted by molar-refractivity contribution is -0.176. The zero-order valence-electron chi connectivity index (χ0n) is 12.1. The molecule has 1 aromatic heterocycles. The lowest BCUT2D eigenvalue weighted by Crippen LogP contribution is -2.24. The average Bonchev–Trinajstić information content (AvgIpc) is 2.81. The summed E-state index contributed by atoms with van der Waals surface area (Å²) < 4.78 is 40.9. The summed E-state index contributed by atoms with van der Waals surface area (Å²) in [5.74, 6) is 0.382. The maximum absolute atomic E-state index is 12.1. The van der Waals surface area contributed by atoms with Gasteiger partial charge in [0.2, 0.25) is 0 Å². The molecule has 1 aromatic rings. The van der Waals surface area contributed by atoms with Gasteiger partial charge in [-0.25, -0.2) is 4.98 Å². The SMILES string of the molecule is CCCNCC1CCCc2sc(COCC(F)(F)F)nc21. The number of alkyl halides is 3. The highest BCUT2D eigenvalue weighted by molar-refractivity contribution is 7.11. The molecule has 21 heavy (non-hydrogen) atoms. The number of hydrogen-bond donors (Lipinski definition) is 1. The zero-order valence-corrected chi connectivity index (χ0v) is 12.9. The molecule has 0 saturated carbocycles. The number of ether oxygens (including phenoxy) is 1. The third-order valence-corrected chi connectivity index (χ3v) is 4.53. The predicted molar refractivity (Wildman–Crippen MR) is 76.7 cm³/mol. The van der Waals surface area contributed by atoms with E-state index in [1.54, 1.807) is 0 Å². The molecule has 7 heteroatoms. The second-order valence-corrected chi connectivity index (χ2v) is 6.49. The van der Waals surface area contributed by atoms with Gasteiger partial charge in [-0.2, -0.15) is 13.2 Å². The molecule has 0 aromatic carbocycles. The van der Waals surface area contributed by atoms with Crippen molar-refractivity contribution < 1.29 is 17.9 Å². The highest BCUT2D eigenvalue weighted by Gasteiger charge is 2.28. The first kappa shape index (κ1) is 16.7. The molecule has 3 nitrogen and oxygen atoms in total. The van der Waals surface area contributed by atoms with Crippen molar-refractivity contribution >= 4 is 11.3 Å². The van der Waals surface area contributed by atoms with Gasteiger partial charge in [0, 0.05) is 17.3 Å². The molecule has 0 radical (unpaired) electrons. The number of halogens is 3. The third kappa shape index (κ3) is 5.23. The van der Waals surface area contributed by atoms with Crippen molar-refractivity contribution in [2.45, 2.75) is 51.3 Å². The van der Waals surface area contributed by atoms with Crippen LogP contribution in [0.5, 0.6) is 0 Å². The van der Waals surface area contributed by atoms with Gasteiger partial charge in [0.25, 0.3) is 0 Å². The Morgan fingerprint density at radius 2 is 2.24 bits per heavy atom. The van der Waals surface area contributed by atoms with Crippen molar-refractivity contribution in [1.82, 2.24) is 10.3 Å². The van der Waals surface area contributed by atoms with Crippen molar-refractivity contribution in [3.63, 3.8) is 0 Å². The number of hydrogen-bond acceptors (Lipinski definition) is 4. The highest BCUT2D eigenvalue weighted by atomic mass is 32.1. The van der Waals surface area contributed by atoms with Crippen LogP contribution >= 0.6 is 11.3 Å². The van der Waals surface area contributed by atoms with Crippen LogP contribution in [0.3, 0.4) is 0 Å². The highest BCUT2D eigenvalue weighted by Crippen LogP contribution is 2.34. The lowest BCUT2D eigenvalue weighted by atomic mass is 9.91. The summed E-state index contributed by atoms with van der Waals surface area (Å²) in [6, 6.07) is 0. The largest absolute Gasteiger partial charge is 0.411 e. The van der Waals surface area contributed by atoms with E-state index < -0.39 is 12.8 Å². The molecule has 1 heterocycles. The van der Waals surface area contributed by atoms with Crippen molar-refractivity contribution in [2.24, 2.45) is 0 Å². The molecule has 0 aliphatic heterocycles. The quantitative estimate of drug-likeness (QED) is 0.778. The normalized spacial score (nSPS) is 18.8. The molecule has 1 N–H and O–H groups in total. The molecule has 0 amide bonds. The molecule has 1 aliphatic rings. The molecule has 0 spiro atoms. The van der Waals surface area contributed by atoms with Crippen LogP contribution in [0.1, 0.15) is 47.7 Å². The minimum atomic E-state index is -4.27. The predicted octanol–water partition coefficient (Wildman–Crippen LogP) is 3.64. The van der Waals surface area contributed by atoms with Gasteiger partial charge in [-0.15, -0.1) is 11.3 Å². The fraction of sp³-hybridized carbons (Fsp3) is 0.786. The van der Waals surface area contributed by atoms with Gasteiger partial charge >= 0.3 is 6.18 Å². The summed E-state index contributed by atoms with van der Waals surface area (Å²) in [4.78, 5) is 5.73. The van der Waals surface area contributed by atoms with Gasteiger partial charge in [0.15, 0.2) is 0 Å². The van der Waals surface area contributed by atoms with Crippen molar-refractivity contribution in [3.8, 4) is 0 Å². The van der Waals surface area contributed by atoms with E-state index in [1.807, 2.05) is 0 Å². The summed E-state index contributed by atoms with van der Waals surface area (Å²) in [5.41, 5.74) is 1.07. The summed E-state index contributed by atoms with van der Waals surface area (Å²) in [5, 5.41) is 4.06. The number of fused-ring (bicyclic) bond motifs is 1. The first-order valence-electron chi connectivity index (χ1n) is 7.33. The van der Waals surface area contributed by atoms with E-state index in [4.69, 9.17) is 4.74 Å². The zero-order chi connectivity index (χ0) is 15.3. The van der Waals surface area contributed by atoms with E-state index in [-0.39, 0.29) is 6.61 Å². The maximum Gasteiger partial charge on any atom is 0.411 e. The maximum atomic E-state index is 12.1.